The van der Waals surface area contributed by atoms with E-state index in [0.29, 0.717) is 16.9 Å². The highest BCUT2D eigenvalue weighted by Gasteiger charge is 2.24. The summed E-state index contributed by atoms with van der Waals surface area (Å²) in [6.07, 6.45) is 1.29. The molecule has 5 rings (SSSR count). The zero-order valence-electron chi connectivity index (χ0n) is 17.9. The molecule has 0 spiro atoms. The first kappa shape index (κ1) is 20.3. The number of nitrogens with one attached hydrogen (secondary N) is 2. The lowest BCUT2D eigenvalue weighted by Crippen LogP contribution is -2.06. The van der Waals surface area contributed by atoms with Gasteiger partial charge in [0.1, 0.15) is 6.33 Å². The number of rotatable bonds is 5. The van der Waals surface area contributed by atoms with Crippen LogP contribution in [0.5, 0.6) is 0 Å². The van der Waals surface area contributed by atoms with E-state index in [-0.39, 0.29) is 17.3 Å². The van der Waals surface area contributed by atoms with Crippen LogP contribution >= 0.6 is 0 Å². The molecular weight excluding hydrogens is 418 g/mol. The van der Waals surface area contributed by atoms with Crippen molar-refractivity contribution in [3.63, 3.8) is 0 Å². The molecule has 162 valence electrons. The first-order valence-corrected chi connectivity index (χ1v) is 10.3. The third-order valence-corrected chi connectivity index (χ3v) is 5.24. The van der Waals surface area contributed by atoms with Crippen LogP contribution in [-0.4, -0.2) is 24.9 Å². The Kier molecular flexibility index (Phi) is 4.98. The second kappa shape index (κ2) is 8.12. The molecule has 2 N–H and O–H groups in total. The van der Waals surface area contributed by atoms with Crippen LogP contribution in [0.1, 0.15) is 11.4 Å². The monoisotopic (exact) mass is 437 g/mol. The van der Waals surface area contributed by atoms with E-state index in [1.54, 1.807) is 0 Å². The lowest BCUT2D eigenvalue weighted by Gasteiger charge is -2.13. The van der Waals surface area contributed by atoms with Crippen molar-refractivity contribution in [2.45, 2.75) is 13.8 Å². The summed E-state index contributed by atoms with van der Waals surface area (Å²) in [4.78, 5) is 29.0. The zero-order valence-corrected chi connectivity index (χ0v) is 17.9. The van der Waals surface area contributed by atoms with Crippen molar-refractivity contribution in [3.8, 4) is 0 Å². The average molecular weight is 437 g/mol. The maximum absolute atomic E-state index is 12.1. The van der Waals surface area contributed by atoms with Crippen LogP contribution in [0.25, 0.3) is 21.8 Å². The Morgan fingerprint density at radius 2 is 1.45 bits per heavy atom. The molecule has 0 fully saturated rings. The van der Waals surface area contributed by atoms with E-state index in [2.05, 4.69) is 30.6 Å². The fraction of sp³-hybridized carbons (Fsp3) is 0.0833. The maximum atomic E-state index is 12.1. The van der Waals surface area contributed by atoms with Gasteiger partial charge in [0, 0.05) is 27.8 Å². The SMILES string of the molecule is Cc1ccc2c(Nc3ncnc(Nc4cccc5ccc(C)nc45)c3[N+](=O)[O-])cccc2n1. The van der Waals surface area contributed by atoms with Crippen molar-refractivity contribution in [2.24, 2.45) is 0 Å². The summed E-state index contributed by atoms with van der Waals surface area (Å²) in [5.74, 6) is 0.150. The molecule has 0 saturated carbocycles. The summed E-state index contributed by atoms with van der Waals surface area (Å²) < 4.78 is 0. The number of nitro groups is 1. The van der Waals surface area contributed by atoms with E-state index in [9.17, 15) is 10.1 Å². The molecule has 0 bridgehead atoms. The van der Waals surface area contributed by atoms with Crippen LogP contribution in [-0.2, 0) is 0 Å². The van der Waals surface area contributed by atoms with E-state index in [4.69, 9.17) is 0 Å². The summed E-state index contributed by atoms with van der Waals surface area (Å²) in [7, 11) is 0. The van der Waals surface area contributed by atoms with Crippen molar-refractivity contribution in [2.75, 3.05) is 10.6 Å². The highest BCUT2D eigenvalue weighted by atomic mass is 16.6. The van der Waals surface area contributed by atoms with Crippen LogP contribution < -0.4 is 10.6 Å². The van der Waals surface area contributed by atoms with Gasteiger partial charge in [-0.2, -0.15) is 0 Å². The molecule has 3 aromatic heterocycles. The number of pyridine rings is 2. The van der Waals surface area contributed by atoms with E-state index in [1.807, 2.05) is 74.5 Å². The molecule has 0 amide bonds. The van der Waals surface area contributed by atoms with Crippen LogP contribution in [0.3, 0.4) is 0 Å². The molecule has 0 radical (unpaired) electrons. The second-order valence-corrected chi connectivity index (χ2v) is 7.58. The molecule has 0 atom stereocenters. The summed E-state index contributed by atoms with van der Waals surface area (Å²) in [6.45, 7) is 3.81. The lowest BCUT2D eigenvalue weighted by molar-refractivity contribution is -0.383. The van der Waals surface area contributed by atoms with Gasteiger partial charge in [0.05, 0.1) is 21.6 Å². The molecule has 0 unspecified atom stereocenters. The largest absolute Gasteiger partial charge is 0.353 e. The Hall–Kier alpha value is -4.66. The third kappa shape index (κ3) is 3.87. The van der Waals surface area contributed by atoms with E-state index in [0.717, 1.165) is 27.7 Å². The predicted molar refractivity (Wildman–Crippen MR) is 128 cm³/mol. The number of para-hydroxylation sites is 1. The number of aryl methyl sites for hydroxylation is 2. The maximum Gasteiger partial charge on any atom is 0.353 e. The Morgan fingerprint density at radius 3 is 2.24 bits per heavy atom. The van der Waals surface area contributed by atoms with E-state index in [1.165, 1.54) is 6.33 Å². The number of hydrogen-bond acceptors (Lipinski definition) is 8. The Morgan fingerprint density at radius 1 is 0.788 bits per heavy atom. The van der Waals surface area contributed by atoms with Crippen LogP contribution in [0.15, 0.2) is 67.0 Å². The fourth-order valence-electron chi connectivity index (χ4n) is 3.70. The van der Waals surface area contributed by atoms with Crippen LogP contribution in [0.4, 0.5) is 28.7 Å². The van der Waals surface area contributed by atoms with Crippen molar-refractivity contribution in [3.05, 3.63) is 88.5 Å². The van der Waals surface area contributed by atoms with E-state index >= 15 is 0 Å². The summed E-state index contributed by atoms with van der Waals surface area (Å²) >= 11 is 0. The number of nitrogens with zero attached hydrogens (tertiary/aromatic N) is 5. The molecule has 0 aliphatic heterocycles. The minimum Gasteiger partial charge on any atom is -0.334 e. The van der Waals surface area contributed by atoms with Gasteiger partial charge < -0.3 is 10.6 Å². The van der Waals surface area contributed by atoms with Crippen LogP contribution in [0, 0.1) is 24.0 Å². The Balaban J connectivity index is 1.59. The number of benzene rings is 2. The Labute approximate surface area is 188 Å². The molecule has 0 aliphatic carbocycles. The highest BCUT2D eigenvalue weighted by Crippen LogP contribution is 2.35. The summed E-state index contributed by atoms with van der Waals surface area (Å²) in [5.41, 5.74) is 4.24. The zero-order chi connectivity index (χ0) is 22.9. The minimum atomic E-state index is -0.498. The quantitative estimate of drug-likeness (QED) is 0.270. The van der Waals surface area contributed by atoms with Gasteiger partial charge in [-0.05, 0) is 50.2 Å². The van der Waals surface area contributed by atoms with Gasteiger partial charge in [-0.25, -0.2) is 9.97 Å². The van der Waals surface area contributed by atoms with Crippen molar-refractivity contribution >= 4 is 50.5 Å². The van der Waals surface area contributed by atoms with Crippen molar-refractivity contribution < 1.29 is 4.92 Å². The molecule has 3 heterocycles. The average Bonchev–Trinajstić information content (AvgIpc) is 2.79. The lowest BCUT2D eigenvalue weighted by atomic mass is 10.1. The first-order valence-electron chi connectivity index (χ1n) is 10.3. The molecule has 33 heavy (non-hydrogen) atoms. The number of fused-ring (bicyclic) bond motifs is 2. The van der Waals surface area contributed by atoms with Crippen LogP contribution in [0.2, 0.25) is 0 Å². The minimum absolute atomic E-state index is 0.0718. The smallest absolute Gasteiger partial charge is 0.334 e. The predicted octanol–water partition coefficient (Wildman–Crippen LogP) is 5.59. The Bertz CT molecular complexity index is 1530. The highest BCUT2D eigenvalue weighted by molar-refractivity contribution is 5.95. The standard InChI is InChI=1S/C24H19N7O2/c1-14-10-12-17-18(27-14)6-4-7-19(17)29-23-22(31(32)33)24(26-13-25-23)30-20-8-3-5-16-11-9-15(2)28-21(16)20/h3-13H,1-2H3,(H2,25,26,29,30). The van der Waals surface area contributed by atoms with Gasteiger partial charge in [-0.3, -0.25) is 20.1 Å². The first-order chi connectivity index (χ1) is 16.0. The molecule has 0 saturated heterocycles. The fourth-order valence-corrected chi connectivity index (χ4v) is 3.70. The number of anilines is 4. The van der Waals surface area contributed by atoms with Crippen molar-refractivity contribution in [1.82, 2.24) is 19.9 Å². The number of hydrogen-bond donors (Lipinski definition) is 2. The third-order valence-electron chi connectivity index (χ3n) is 5.24. The molecule has 0 aliphatic rings. The molecule has 9 nitrogen and oxygen atoms in total. The second-order valence-electron chi connectivity index (χ2n) is 7.58. The van der Waals surface area contributed by atoms with Gasteiger partial charge in [0.2, 0.25) is 11.6 Å². The summed E-state index contributed by atoms with van der Waals surface area (Å²) in [6, 6.07) is 18.9. The van der Waals surface area contributed by atoms with Gasteiger partial charge in [0.25, 0.3) is 0 Å². The van der Waals surface area contributed by atoms with Gasteiger partial charge >= 0.3 is 5.69 Å². The molecular formula is C24H19N7O2. The normalized spacial score (nSPS) is 11.0. The van der Waals surface area contributed by atoms with E-state index < -0.39 is 4.92 Å². The van der Waals surface area contributed by atoms with Crippen molar-refractivity contribution in [1.29, 1.82) is 0 Å². The molecule has 2 aromatic carbocycles. The number of aromatic nitrogens is 4. The summed E-state index contributed by atoms with van der Waals surface area (Å²) in [5, 5.41) is 20.0. The molecule has 5 aromatic rings. The topological polar surface area (TPSA) is 119 Å². The van der Waals surface area contributed by atoms with Gasteiger partial charge in [0.15, 0.2) is 0 Å². The molecule has 9 heteroatoms. The van der Waals surface area contributed by atoms with Gasteiger partial charge in [-0.15, -0.1) is 0 Å². The van der Waals surface area contributed by atoms with Gasteiger partial charge in [-0.1, -0.05) is 24.3 Å².